The molecule has 3 nitrogen and oxygen atoms in total. The van der Waals surface area contributed by atoms with Crippen molar-refractivity contribution in [1.29, 1.82) is 0 Å². The minimum atomic E-state index is -0.200. The second-order valence-corrected chi connectivity index (χ2v) is 4.43. The van der Waals surface area contributed by atoms with E-state index in [1.807, 2.05) is 18.2 Å². The number of esters is 1. The molecule has 0 amide bonds. The van der Waals surface area contributed by atoms with E-state index in [0.29, 0.717) is 5.56 Å². The lowest BCUT2D eigenvalue weighted by atomic mass is 10.1. The summed E-state index contributed by atoms with van der Waals surface area (Å²) in [7, 11) is 0. The van der Waals surface area contributed by atoms with Gasteiger partial charge in [0.25, 0.3) is 0 Å². The number of piperidine rings is 1. The van der Waals surface area contributed by atoms with Crippen molar-refractivity contribution in [1.82, 2.24) is 4.90 Å². The average Bonchev–Trinajstić information content (AvgIpc) is 2.40. The summed E-state index contributed by atoms with van der Waals surface area (Å²) < 4.78 is 5.53. The third kappa shape index (κ3) is 4.00. The van der Waals surface area contributed by atoms with E-state index in [0.717, 1.165) is 32.5 Å². The number of likely N-dealkylation sites (N-methyl/N-ethyl adjacent to an activating group) is 1. The highest BCUT2D eigenvalue weighted by Crippen LogP contribution is 2.14. The second kappa shape index (κ2) is 7.39. The number of benzene rings is 1. The normalized spacial score (nSPS) is 19.9. The molecule has 1 fully saturated rings. The molecule has 1 unspecified atom stereocenters. The van der Waals surface area contributed by atoms with Gasteiger partial charge in [-0.25, -0.2) is 4.79 Å². The third-order valence-corrected chi connectivity index (χ3v) is 3.19. The molecule has 1 atom stereocenters. The molecule has 0 bridgehead atoms. The van der Waals surface area contributed by atoms with Crippen LogP contribution in [0.3, 0.4) is 0 Å². The van der Waals surface area contributed by atoms with Crippen LogP contribution in [-0.2, 0) is 4.74 Å². The molecule has 100 valence electrons. The van der Waals surface area contributed by atoms with Crippen molar-refractivity contribution in [2.45, 2.75) is 25.9 Å². The molecule has 1 aromatic carbocycles. The van der Waals surface area contributed by atoms with Crippen molar-refractivity contribution in [2.75, 3.05) is 19.6 Å². The molecule has 2 rings (SSSR count). The highest BCUT2D eigenvalue weighted by atomic mass is 35.5. The number of carbonyl (C=O) groups is 1. The number of halogens is 1. The largest absolute Gasteiger partial charge is 0.457 e. The lowest BCUT2D eigenvalue weighted by Gasteiger charge is -2.31. The van der Waals surface area contributed by atoms with Crippen LogP contribution in [0.1, 0.15) is 30.1 Å². The van der Waals surface area contributed by atoms with Gasteiger partial charge in [0.05, 0.1) is 5.56 Å². The number of rotatable bonds is 3. The van der Waals surface area contributed by atoms with Gasteiger partial charge in [0.1, 0.15) is 6.10 Å². The minimum Gasteiger partial charge on any atom is -0.457 e. The highest BCUT2D eigenvalue weighted by Gasteiger charge is 2.22. The van der Waals surface area contributed by atoms with Gasteiger partial charge < -0.3 is 4.74 Å². The first kappa shape index (κ1) is 15.0. The number of hydrogen-bond acceptors (Lipinski definition) is 3. The van der Waals surface area contributed by atoms with Crippen molar-refractivity contribution in [3.63, 3.8) is 0 Å². The van der Waals surface area contributed by atoms with Crippen LogP contribution >= 0.6 is 12.4 Å². The van der Waals surface area contributed by atoms with Crippen LogP contribution in [-0.4, -0.2) is 36.6 Å². The predicted molar refractivity (Wildman–Crippen MR) is 74.2 cm³/mol. The first-order valence-corrected chi connectivity index (χ1v) is 6.28. The highest BCUT2D eigenvalue weighted by molar-refractivity contribution is 5.89. The van der Waals surface area contributed by atoms with Crippen molar-refractivity contribution in [3.05, 3.63) is 35.9 Å². The van der Waals surface area contributed by atoms with Gasteiger partial charge in [-0.2, -0.15) is 0 Å². The maximum atomic E-state index is 11.9. The SMILES string of the molecule is CCN1CCCC(OC(=O)c2ccccc2)C1.Cl. The summed E-state index contributed by atoms with van der Waals surface area (Å²) in [4.78, 5) is 14.2. The number of hydrogen-bond donors (Lipinski definition) is 0. The van der Waals surface area contributed by atoms with E-state index in [1.54, 1.807) is 12.1 Å². The molecule has 0 aliphatic carbocycles. The summed E-state index contributed by atoms with van der Waals surface area (Å²) in [5.74, 6) is -0.200. The fourth-order valence-electron chi connectivity index (χ4n) is 2.19. The summed E-state index contributed by atoms with van der Waals surface area (Å²) in [5.41, 5.74) is 0.640. The van der Waals surface area contributed by atoms with E-state index in [4.69, 9.17) is 4.74 Å². The van der Waals surface area contributed by atoms with Gasteiger partial charge in [-0.15, -0.1) is 12.4 Å². The Morgan fingerprint density at radius 1 is 1.39 bits per heavy atom. The lowest BCUT2D eigenvalue weighted by Crippen LogP contribution is -2.40. The van der Waals surface area contributed by atoms with E-state index in [1.165, 1.54) is 0 Å². The molecule has 0 radical (unpaired) electrons. The summed E-state index contributed by atoms with van der Waals surface area (Å²) in [6.07, 6.45) is 2.15. The summed E-state index contributed by atoms with van der Waals surface area (Å²) in [6, 6.07) is 9.20. The molecule has 18 heavy (non-hydrogen) atoms. The Bertz CT molecular complexity index is 369. The van der Waals surface area contributed by atoms with Crippen LogP contribution in [0.15, 0.2) is 30.3 Å². The van der Waals surface area contributed by atoms with E-state index in [-0.39, 0.29) is 24.5 Å². The van der Waals surface area contributed by atoms with E-state index in [2.05, 4.69) is 11.8 Å². The van der Waals surface area contributed by atoms with Gasteiger partial charge in [0, 0.05) is 6.54 Å². The zero-order valence-corrected chi connectivity index (χ0v) is 11.5. The molecule has 1 aliphatic heterocycles. The first-order chi connectivity index (χ1) is 8.29. The van der Waals surface area contributed by atoms with Crippen LogP contribution in [0.4, 0.5) is 0 Å². The number of nitrogens with zero attached hydrogens (tertiary/aromatic N) is 1. The molecule has 1 saturated heterocycles. The summed E-state index contributed by atoms with van der Waals surface area (Å²) in [5, 5.41) is 0. The molecule has 1 heterocycles. The number of carbonyl (C=O) groups excluding carboxylic acids is 1. The van der Waals surface area contributed by atoms with Crippen LogP contribution in [0.5, 0.6) is 0 Å². The second-order valence-electron chi connectivity index (χ2n) is 4.43. The molecule has 1 aliphatic rings. The van der Waals surface area contributed by atoms with Gasteiger partial charge >= 0.3 is 5.97 Å². The predicted octanol–water partition coefficient (Wildman–Crippen LogP) is 2.75. The molecular weight excluding hydrogens is 250 g/mol. The molecule has 0 spiro atoms. The standard InChI is InChI=1S/C14H19NO2.ClH/c1-2-15-10-6-9-13(11-15)17-14(16)12-7-4-3-5-8-12;/h3-5,7-8,13H,2,6,9-11H2,1H3;1H. The van der Waals surface area contributed by atoms with E-state index in [9.17, 15) is 4.79 Å². The van der Waals surface area contributed by atoms with Gasteiger partial charge in [0.2, 0.25) is 0 Å². The van der Waals surface area contributed by atoms with E-state index >= 15 is 0 Å². The maximum Gasteiger partial charge on any atom is 0.338 e. The fourth-order valence-corrected chi connectivity index (χ4v) is 2.19. The molecule has 0 aromatic heterocycles. The first-order valence-electron chi connectivity index (χ1n) is 6.28. The average molecular weight is 270 g/mol. The molecule has 1 aromatic rings. The van der Waals surface area contributed by atoms with Crippen LogP contribution in [0.25, 0.3) is 0 Å². The van der Waals surface area contributed by atoms with Crippen LogP contribution < -0.4 is 0 Å². The molecular formula is C14H20ClNO2. The van der Waals surface area contributed by atoms with Crippen molar-refractivity contribution < 1.29 is 9.53 Å². The van der Waals surface area contributed by atoms with E-state index < -0.39 is 0 Å². The van der Waals surface area contributed by atoms with Crippen LogP contribution in [0.2, 0.25) is 0 Å². The smallest absolute Gasteiger partial charge is 0.338 e. The Kier molecular flexibility index (Phi) is 6.16. The topological polar surface area (TPSA) is 29.5 Å². The van der Waals surface area contributed by atoms with Gasteiger partial charge in [0.15, 0.2) is 0 Å². The number of likely N-dealkylation sites (tertiary alicyclic amines) is 1. The number of ether oxygens (including phenoxy) is 1. The minimum absolute atomic E-state index is 0. The Morgan fingerprint density at radius 3 is 2.78 bits per heavy atom. The lowest BCUT2D eigenvalue weighted by molar-refractivity contribution is 0.00774. The summed E-state index contributed by atoms with van der Waals surface area (Å²) in [6.45, 7) is 5.16. The zero-order chi connectivity index (χ0) is 12.1. The quantitative estimate of drug-likeness (QED) is 0.791. The van der Waals surface area contributed by atoms with Crippen molar-refractivity contribution in [2.24, 2.45) is 0 Å². The fraction of sp³-hybridized carbons (Fsp3) is 0.500. The van der Waals surface area contributed by atoms with Gasteiger partial charge in [-0.1, -0.05) is 25.1 Å². The zero-order valence-electron chi connectivity index (χ0n) is 10.7. The molecule has 0 N–H and O–H groups in total. The van der Waals surface area contributed by atoms with Crippen molar-refractivity contribution in [3.8, 4) is 0 Å². The third-order valence-electron chi connectivity index (χ3n) is 3.19. The Morgan fingerprint density at radius 2 is 2.11 bits per heavy atom. The summed E-state index contributed by atoms with van der Waals surface area (Å²) >= 11 is 0. The Balaban J connectivity index is 0.00000162. The maximum absolute atomic E-state index is 11.9. The molecule has 0 saturated carbocycles. The van der Waals surface area contributed by atoms with Crippen LogP contribution in [0, 0.1) is 0 Å². The van der Waals surface area contributed by atoms with Gasteiger partial charge in [-0.3, -0.25) is 4.90 Å². The monoisotopic (exact) mass is 269 g/mol. The van der Waals surface area contributed by atoms with Crippen molar-refractivity contribution >= 4 is 18.4 Å². The van der Waals surface area contributed by atoms with Gasteiger partial charge in [-0.05, 0) is 38.1 Å². The Labute approximate surface area is 115 Å². The Hall–Kier alpha value is -1.06. The molecule has 4 heteroatoms.